The van der Waals surface area contributed by atoms with E-state index >= 15 is 0 Å². The Morgan fingerprint density at radius 2 is 1.33 bits per heavy atom. The average Bonchev–Trinajstić information content (AvgIpc) is 3.17. The smallest absolute Gasteiger partial charge is 0.275 e. The van der Waals surface area contributed by atoms with Crippen molar-refractivity contribution in [3.05, 3.63) is 130 Å². The minimum atomic E-state index is -0.118. The summed E-state index contributed by atoms with van der Waals surface area (Å²) in [6.45, 7) is 0. The SMILES string of the molecule is O=c1c(Cc2ccc(-c3ccccc3)cc2)c(-c2ccc(O)cc2)[nH]n1-c1ccc(Cl)cc1. The first-order valence-corrected chi connectivity index (χ1v) is 11.0. The van der Waals surface area contributed by atoms with Crippen LogP contribution >= 0.6 is 11.6 Å². The highest BCUT2D eigenvalue weighted by molar-refractivity contribution is 6.30. The van der Waals surface area contributed by atoms with Gasteiger partial charge in [0.15, 0.2) is 0 Å². The number of aromatic hydroxyl groups is 1. The van der Waals surface area contributed by atoms with Gasteiger partial charge in [-0.05, 0) is 65.2 Å². The van der Waals surface area contributed by atoms with E-state index in [4.69, 9.17) is 11.6 Å². The number of nitrogens with one attached hydrogen (secondary N) is 1. The Morgan fingerprint density at radius 1 is 0.727 bits per heavy atom. The van der Waals surface area contributed by atoms with Gasteiger partial charge in [0.2, 0.25) is 0 Å². The third-order valence-corrected chi connectivity index (χ3v) is 5.92. The normalized spacial score (nSPS) is 10.9. The highest BCUT2D eigenvalue weighted by Crippen LogP contribution is 2.26. The van der Waals surface area contributed by atoms with E-state index < -0.39 is 0 Å². The second-order valence-corrected chi connectivity index (χ2v) is 8.31. The van der Waals surface area contributed by atoms with Gasteiger partial charge in [-0.15, -0.1) is 0 Å². The molecule has 0 spiro atoms. The van der Waals surface area contributed by atoms with E-state index in [0.717, 1.165) is 27.9 Å². The highest BCUT2D eigenvalue weighted by atomic mass is 35.5. The quantitative estimate of drug-likeness (QED) is 0.322. The summed E-state index contributed by atoms with van der Waals surface area (Å²) in [5.74, 6) is 0.177. The maximum Gasteiger partial charge on any atom is 0.275 e. The monoisotopic (exact) mass is 452 g/mol. The summed E-state index contributed by atoms with van der Waals surface area (Å²) >= 11 is 6.03. The van der Waals surface area contributed by atoms with Gasteiger partial charge in [0, 0.05) is 22.6 Å². The third-order valence-electron chi connectivity index (χ3n) is 5.67. The van der Waals surface area contributed by atoms with Crippen LogP contribution in [0.25, 0.3) is 28.1 Å². The van der Waals surface area contributed by atoms with Crippen LogP contribution in [0.5, 0.6) is 5.75 Å². The van der Waals surface area contributed by atoms with Gasteiger partial charge in [0.1, 0.15) is 5.75 Å². The molecule has 0 aliphatic carbocycles. The maximum atomic E-state index is 13.5. The predicted molar refractivity (Wildman–Crippen MR) is 133 cm³/mol. The molecule has 0 aliphatic rings. The molecule has 4 aromatic carbocycles. The largest absolute Gasteiger partial charge is 0.508 e. The van der Waals surface area contributed by atoms with Gasteiger partial charge in [0.05, 0.1) is 11.4 Å². The molecule has 0 aliphatic heterocycles. The Kier molecular flexibility index (Phi) is 5.59. The molecule has 0 radical (unpaired) electrons. The summed E-state index contributed by atoms with van der Waals surface area (Å²) in [4.78, 5) is 13.5. The lowest BCUT2D eigenvalue weighted by Gasteiger charge is -2.06. The van der Waals surface area contributed by atoms with Crippen molar-refractivity contribution < 1.29 is 5.11 Å². The van der Waals surface area contributed by atoms with Crippen LogP contribution in [0.4, 0.5) is 0 Å². The molecule has 0 saturated heterocycles. The summed E-state index contributed by atoms with van der Waals surface area (Å²) < 4.78 is 1.53. The number of benzene rings is 4. The minimum Gasteiger partial charge on any atom is -0.508 e. The van der Waals surface area contributed by atoms with Crippen LogP contribution in [0.2, 0.25) is 5.02 Å². The molecule has 1 aromatic heterocycles. The molecule has 0 fully saturated rings. The molecule has 1 heterocycles. The van der Waals surface area contributed by atoms with Crippen molar-refractivity contribution >= 4 is 11.6 Å². The molecule has 0 atom stereocenters. The molecule has 162 valence electrons. The Labute approximate surface area is 196 Å². The Hall–Kier alpha value is -4.02. The van der Waals surface area contributed by atoms with Crippen molar-refractivity contribution in [3.63, 3.8) is 0 Å². The van der Waals surface area contributed by atoms with Crippen molar-refractivity contribution in [1.29, 1.82) is 0 Å². The average molecular weight is 453 g/mol. The third kappa shape index (κ3) is 4.34. The van der Waals surface area contributed by atoms with Gasteiger partial charge < -0.3 is 5.11 Å². The van der Waals surface area contributed by atoms with E-state index in [0.29, 0.717) is 22.7 Å². The summed E-state index contributed by atoms with van der Waals surface area (Å²) in [7, 11) is 0. The van der Waals surface area contributed by atoms with Crippen LogP contribution in [-0.2, 0) is 6.42 Å². The molecule has 33 heavy (non-hydrogen) atoms. The summed E-state index contributed by atoms with van der Waals surface area (Å²) in [6.07, 6.45) is 0.473. The maximum absolute atomic E-state index is 13.5. The Morgan fingerprint density at radius 3 is 2.00 bits per heavy atom. The van der Waals surface area contributed by atoms with Gasteiger partial charge in [-0.25, -0.2) is 4.68 Å². The fourth-order valence-electron chi connectivity index (χ4n) is 3.92. The zero-order chi connectivity index (χ0) is 22.8. The number of aromatic amines is 1. The van der Waals surface area contributed by atoms with Crippen LogP contribution < -0.4 is 5.56 Å². The standard InChI is InChI=1S/C28H21ClN2O2/c29-23-12-14-24(15-13-23)31-28(33)26(27(30-31)22-10-16-25(32)17-11-22)18-19-6-8-21(9-7-19)20-4-2-1-3-5-20/h1-17,30,32H,18H2. The molecule has 5 aromatic rings. The number of nitrogens with zero attached hydrogens (tertiary/aromatic N) is 1. The first-order chi connectivity index (χ1) is 16.1. The van der Waals surface area contributed by atoms with E-state index in [2.05, 4.69) is 41.5 Å². The van der Waals surface area contributed by atoms with Crippen molar-refractivity contribution in [2.24, 2.45) is 0 Å². The van der Waals surface area contributed by atoms with E-state index in [9.17, 15) is 9.90 Å². The van der Waals surface area contributed by atoms with Crippen LogP contribution in [0.15, 0.2) is 108 Å². The number of halogens is 1. The number of hydrogen-bond acceptors (Lipinski definition) is 2. The van der Waals surface area contributed by atoms with E-state index in [1.807, 2.05) is 18.2 Å². The van der Waals surface area contributed by atoms with Crippen LogP contribution in [0.3, 0.4) is 0 Å². The van der Waals surface area contributed by atoms with Gasteiger partial charge in [0.25, 0.3) is 5.56 Å². The molecule has 0 unspecified atom stereocenters. The molecule has 2 N–H and O–H groups in total. The lowest BCUT2D eigenvalue weighted by atomic mass is 9.99. The molecular formula is C28H21ClN2O2. The number of aromatic nitrogens is 2. The van der Waals surface area contributed by atoms with Crippen molar-refractivity contribution in [2.75, 3.05) is 0 Å². The van der Waals surface area contributed by atoms with Gasteiger partial charge in [-0.2, -0.15) is 0 Å². The minimum absolute atomic E-state index is 0.118. The fourth-order valence-corrected chi connectivity index (χ4v) is 4.05. The predicted octanol–water partition coefficient (Wildman–Crippen LogP) is 6.45. The highest BCUT2D eigenvalue weighted by Gasteiger charge is 2.17. The van der Waals surface area contributed by atoms with Gasteiger partial charge in [-0.1, -0.05) is 66.2 Å². The number of hydrogen-bond donors (Lipinski definition) is 2. The zero-order valence-electron chi connectivity index (χ0n) is 17.7. The second-order valence-electron chi connectivity index (χ2n) is 7.87. The Balaban J connectivity index is 1.56. The summed E-state index contributed by atoms with van der Waals surface area (Å²) in [6, 6.07) is 32.4. The molecule has 5 heteroatoms. The topological polar surface area (TPSA) is 58.0 Å². The van der Waals surface area contributed by atoms with Crippen molar-refractivity contribution in [2.45, 2.75) is 6.42 Å². The van der Waals surface area contributed by atoms with Crippen LogP contribution in [0.1, 0.15) is 11.1 Å². The van der Waals surface area contributed by atoms with Gasteiger partial charge in [-0.3, -0.25) is 9.89 Å². The molecule has 0 saturated carbocycles. The number of phenols is 1. The number of H-pyrrole nitrogens is 1. The first kappa shape index (κ1) is 20.9. The number of phenolic OH excluding ortho intramolecular Hbond substituents is 1. The first-order valence-electron chi connectivity index (χ1n) is 10.6. The molecular weight excluding hydrogens is 432 g/mol. The van der Waals surface area contributed by atoms with E-state index in [-0.39, 0.29) is 11.3 Å². The summed E-state index contributed by atoms with van der Waals surface area (Å²) in [5.41, 5.74) is 6.11. The lowest BCUT2D eigenvalue weighted by Crippen LogP contribution is -2.17. The lowest BCUT2D eigenvalue weighted by molar-refractivity contribution is 0.475. The van der Waals surface area contributed by atoms with Gasteiger partial charge >= 0.3 is 0 Å². The van der Waals surface area contributed by atoms with E-state index in [1.54, 1.807) is 48.5 Å². The van der Waals surface area contributed by atoms with E-state index in [1.165, 1.54) is 4.68 Å². The molecule has 4 nitrogen and oxygen atoms in total. The fraction of sp³-hybridized carbons (Fsp3) is 0.0357. The van der Waals surface area contributed by atoms with Crippen molar-refractivity contribution in [1.82, 2.24) is 9.78 Å². The zero-order valence-corrected chi connectivity index (χ0v) is 18.5. The van der Waals surface area contributed by atoms with Crippen LogP contribution in [0, 0.1) is 0 Å². The number of rotatable bonds is 5. The molecule has 5 rings (SSSR count). The Bertz CT molecular complexity index is 1430. The molecule has 0 bridgehead atoms. The van der Waals surface area contributed by atoms with Crippen LogP contribution in [-0.4, -0.2) is 14.9 Å². The summed E-state index contributed by atoms with van der Waals surface area (Å²) in [5, 5.41) is 13.6. The second kappa shape index (κ2) is 8.85. The molecule has 0 amide bonds. The van der Waals surface area contributed by atoms with Crippen molar-refractivity contribution in [3.8, 4) is 33.8 Å².